The predicted molar refractivity (Wildman–Crippen MR) is 219 cm³/mol. The summed E-state index contributed by atoms with van der Waals surface area (Å²) < 4.78 is 17.8. The largest absolute Gasteiger partial charge is 0.465 e. The van der Waals surface area contributed by atoms with E-state index in [1.807, 2.05) is 14.1 Å². The quantitative estimate of drug-likeness (QED) is 0.0353. The van der Waals surface area contributed by atoms with Crippen LogP contribution < -0.4 is 0 Å². The average molecular weight is 738 g/mol. The molecule has 0 heterocycles. The summed E-state index contributed by atoms with van der Waals surface area (Å²) in [5.41, 5.74) is 0. The van der Waals surface area contributed by atoms with E-state index in [9.17, 15) is 14.4 Å². The van der Waals surface area contributed by atoms with Gasteiger partial charge in [0.15, 0.2) is 0 Å². The van der Waals surface area contributed by atoms with Crippen LogP contribution in [0, 0.1) is 5.92 Å². The van der Waals surface area contributed by atoms with Crippen molar-refractivity contribution in [2.75, 3.05) is 27.2 Å². The summed E-state index contributed by atoms with van der Waals surface area (Å²) in [7, 11) is 4.00. The minimum absolute atomic E-state index is 0.00378. The van der Waals surface area contributed by atoms with Gasteiger partial charge >= 0.3 is 17.9 Å². The van der Waals surface area contributed by atoms with Gasteiger partial charge in [0, 0.05) is 19.3 Å². The van der Waals surface area contributed by atoms with Crippen LogP contribution in [0.4, 0.5) is 0 Å². The highest BCUT2D eigenvalue weighted by Gasteiger charge is 2.19. The Bertz CT molecular complexity index is 804. The van der Waals surface area contributed by atoms with Crippen molar-refractivity contribution in [1.29, 1.82) is 0 Å². The van der Waals surface area contributed by atoms with Crippen LogP contribution in [0.5, 0.6) is 0 Å². The molecule has 0 aromatic rings. The van der Waals surface area contributed by atoms with E-state index in [1.54, 1.807) is 0 Å². The van der Waals surface area contributed by atoms with Gasteiger partial charge in [0.1, 0.15) is 12.2 Å². The fourth-order valence-electron chi connectivity index (χ4n) is 6.94. The highest BCUT2D eigenvalue weighted by atomic mass is 16.5. The zero-order chi connectivity index (χ0) is 38.5. The molecule has 0 spiro atoms. The summed E-state index contributed by atoms with van der Waals surface area (Å²) in [5, 5.41) is 0. The molecule has 0 bridgehead atoms. The Morgan fingerprint density at radius 2 is 0.769 bits per heavy atom. The first-order chi connectivity index (χ1) is 25.2. The minimum Gasteiger partial charge on any atom is -0.465 e. The molecule has 0 aromatic carbocycles. The molecule has 7 nitrogen and oxygen atoms in total. The Balaban J connectivity index is 4.98. The molecule has 0 saturated heterocycles. The number of rotatable bonds is 39. The van der Waals surface area contributed by atoms with Gasteiger partial charge in [-0.05, 0) is 97.2 Å². The summed E-state index contributed by atoms with van der Waals surface area (Å²) in [4.78, 5) is 40.6. The van der Waals surface area contributed by atoms with Crippen LogP contribution in [0.25, 0.3) is 0 Å². The first kappa shape index (κ1) is 50.4. The number of hydrogen-bond donors (Lipinski definition) is 0. The van der Waals surface area contributed by atoms with Crippen molar-refractivity contribution in [3.63, 3.8) is 0 Å². The first-order valence-corrected chi connectivity index (χ1v) is 22.4. The van der Waals surface area contributed by atoms with Crippen LogP contribution in [0.3, 0.4) is 0 Å². The maximum atomic E-state index is 13.0. The second kappa shape index (κ2) is 37.7. The summed E-state index contributed by atoms with van der Waals surface area (Å²) in [6, 6.07) is 0. The Morgan fingerprint density at radius 3 is 1.19 bits per heavy atom. The second-order valence-corrected chi connectivity index (χ2v) is 15.9. The smallest absolute Gasteiger partial charge is 0.306 e. The molecular formula is C45H87NO6. The number of carbonyl (C=O) groups excluding carboxylic acids is 3. The molecule has 52 heavy (non-hydrogen) atoms. The molecule has 0 aliphatic rings. The van der Waals surface area contributed by atoms with Crippen LogP contribution in [0.15, 0.2) is 0 Å². The third-order valence-electron chi connectivity index (χ3n) is 10.3. The van der Waals surface area contributed by atoms with Gasteiger partial charge in [-0.1, -0.05) is 137 Å². The molecule has 0 aliphatic carbocycles. The van der Waals surface area contributed by atoms with E-state index in [0.29, 0.717) is 57.5 Å². The van der Waals surface area contributed by atoms with E-state index in [-0.39, 0.29) is 30.1 Å². The number of carbonyl (C=O) groups is 3. The van der Waals surface area contributed by atoms with Gasteiger partial charge in [-0.25, -0.2) is 0 Å². The molecule has 0 N–H and O–H groups in total. The molecule has 0 rings (SSSR count). The lowest BCUT2D eigenvalue weighted by atomic mass is 9.95. The second-order valence-electron chi connectivity index (χ2n) is 15.9. The molecule has 7 heteroatoms. The van der Waals surface area contributed by atoms with Gasteiger partial charge in [0.25, 0.3) is 0 Å². The topological polar surface area (TPSA) is 82.1 Å². The third kappa shape index (κ3) is 34.2. The van der Waals surface area contributed by atoms with Gasteiger partial charge in [-0.15, -0.1) is 0 Å². The molecule has 2 unspecified atom stereocenters. The van der Waals surface area contributed by atoms with Crippen LogP contribution in [-0.2, 0) is 28.6 Å². The molecule has 308 valence electrons. The SMILES string of the molecule is CCCCCCCC(CCCCCC)COC(=O)CCCC(CCCC(=O)OC(CCCCCCC)CCCCCCC)OC(=O)CCCN(C)C. The lowest BCUT2D eigenvalue weighted by Gasteiger charge is -2.20. The van der Waals surface area contributed by atoms with E-state index < -0.39 is 0 Å². The van der Waals surface area contributed by atoms with Crippen molar-refractivity contribution >= 4 is 17.9 Å². The van der Waals surface area contributed by atoms with E-state index in [1.165, 1.54) is 109 Å². The van der Waals surface area contributed by atoms with Crippen LogP contribution in [0.2, 0.25) is 0 Å². The summed E-state index contributed by atoms with van der Waals surface area (Å²) >= 11 is 0. The molecule has 0 radical (unpaired) electrons. The average Bonchev–Trinajstić information content (AvgIpc) is 3.11. The minimum atomic E-state index is -0.310. The molecule has 0 aliphatic heterocycles. The van der Waals surface area contributed by atoms with Gasteiger partial charge in [-0.3, -0.25) is 14.4 Å². The Hall–Kier alpha value is -1.63. The molecule has 0 aromatic heterocycles. The standard InChI is InChI=1S/C45H87NO6/c1-7-11-15-19-23-30-40(29-22-18-14-10-4)39-50-43(47)35-26-33-42(52-45(49)37-28-38-46(5)6)34-27-36-44(48)51-41(31-24-20-16-12-8-2)32-25-21-17-13-9-3/h40-42H,7-39H2,1-6H3. The number of unbranched alkanes of at least 4 members (excludes halogenated alkanes) is 15. The Morgan fingerprint density at radius 1 is 0.423 bits per heavy atom. The highest BCUT2D eigenvalue weighted by Crippen LogP contribution is 2.21. The van der Waals surface area contributed by atoms with Crippen molar-refractivity contribution in [2.24, 2.45) is 5.92 Å². The number of hydrogen-bond acceptors (Lipinski definition) is 7. The van der Waals surface area contributed by atoms with E-state index >= 15 is 0 Å². The summed E-state index contributed by atoms with van der Waals surface area (Å²) in [6.07, 6.45) is 31.4. The van der Waals surface area contributed by atoms with Crippen molar-refractivity contribution in [1.82, 2.24) is 4.90 Å². The third-order valence-corrected chi connectivity index (χ3v) is 10.3. The van der Waals surface area contributed by atoms with Crippen LogP contribution in [-0.4, -0.2) is 62.3 Å². The van der Waals surface area contributed by atoms with Crippen LogP contribution >= 0.6 is 0 Å². The maximum Gasteiger partial charge on any atom is 0.306 e. The lowest BCUT2D eigenvalue weighted by molar-refractivity contribution is -0.151. The van der Waals surface area contributed by atoms with Gasteiger partial charge < -0.3 is 19.1 Å². The number of esters is 3. The fraction of sp³-hybridized carbons (Fsp3) is 0.933. The van der Waals surface area contributed by atoms with Gasteiger partial charge in [0.2, 0.25) is 0 Å². The first-order valence-electron chi connectivity index (χ1n) is 22.4. The maximum absolute atomic E-state index is 13.0. The molecular weight excluding hydrogens is 650 g/mol. The highest BCUT2D eigenvalue weighted by molar-refractivity contribution is 5.70. The summed E-state index contributed by atoms with van der Waals surface area (Å²) in [5.74, 6) is -0.0474. The molecule has 0 amide bonds. The lowest BCUT2D eigenvalue weighted by Crippen LogP contribution is -2.22. The van der Waals surface area contributed by atoms with Gasteiger partial charge in [0.05, 0.1) is 6.61 Å². The number of ether oxygens (including phenoxy) is 3. The van der Waals surface area contributed by atoms with Crippen molar-refractivity contribution < 1.29 is 28.6 Å². The van der Waals surface area contributed by atoms with Crippen molar-refractivity contribution in [3.05, 3.63) is 0 Å². The van der Waals surface area contributed by atoms with Crippen molar-refractivity contribution in [3.8, 4) is 0 Å². The summed E-state index contributed by atoms with van der Waals surface area (Å²) in [6.45, 7) is 10.3. The van der Waals surface area contributed by atoms with E-state index in [2.05, 4.69) is 32.6 Å². The number of nitrogens with zero attached hydrogens (tertiary/aromatic N) is 1. The molecule has 0 fully saturated rings. The molecule has 0 saturated carbocycles. The normalized spacial score (nSPS) is 12.7. The Kier molecular flexibility index (Phi) is 36.5. The predicted octanol–water partition coefficient (Wildman–Crippen LogP) is 12.7. The van der Waals surface area contributed by atoms with Crippen molar-refractivity contribution in [2.45, 2.75) is 239 Å². The molecule has 2 atom stereocenters. The Labute approximate surface area is 322 Å². The monoisotopic (exact) mass is 738 g/mol. The van der Waals surface area contributed by atoms with Crippen LogP contribution in [0.1, 0.15) is 227 Å². The van der Waals surface area contributed by atoms with Gasteiger partial charge in [-0.2, -0.15) is 0 Å². The zero-order valence-electron chi connectivity index (χ0n) is 35.5. The fourth-order valence-corrected chi connectivity index (χ4v) is 6.94. The zero-order valence-corrected chi connectivity index (χ0v) is 35.5. The van der Waals surface area contributed by atoms with E-state index in [0.717, 1.165) is 51.5 Å². The van der Waals surface area contributed by atoms with E-state index in [4.69, 9.17) is 14.2 Å².